The average molecular weight is 273 g/mol. The maximum Gasteiger partial charge on any atom is 0.189 e. The van der Waals surface area contributed by atoms with Crippen LogP contribution in [-0.4, -0.2) is 12.9 Å². The molecule has 2 aromatic carbocycles. The van der Waals surface area contributed by atoms with Crippen molar-refractivity contribution in [3.63, 3.8) is 0 Å². The smallest absolute Gasteiger partial charge is 0.189 e. The third-order valence-corrected chi connectivity index (χ3v) is 2.88. The van der Waals surface area contributed by atoms with Crippen LogP contribution in [0.25, 0.3) is 6.08 Å². The first kappa shape index (κ1) is 13.4. The molecular formula is C16H13ClO2. The first-order chi connectivity index (χ1) is 9.20. The highest BCUT2D eigenvalue weighted by atomic mass is 35.5. The molecule has 0 heterocycles. The van der Waals surface area contributed by atoms with Crippen molar-refractivity contribution in [2.24, 2.45) is 0 Å². The number of hydrogen-bond donors (Lipinski definition) is 0. The molecule has 0 spiro atoms. The fraction of sp³-hybridized carbons (Fsp3) is 0.0625. The second kappa shape index (κ2) is 6.21. The molecule has 0 bridgehead atoms. The van der Waals surface area contributed by atoms with Gasteiger partial charge in [0.1, 0.15) is 5.75 Å². The molecule has 0 aliphatic rings. The van der Waals surface area contributed by atoms with Crippen LogP contribution in [0.15, 0.2) is 54.6 Å². The molecule has 96 valence electrons. The largest absolute Gasteiger partial charge is 0.496 e. The van der Waals surface area contributed by atoms with Gasteiger partial charge in [-0.1, -0.05) is 41.9 Å². The van der Waals surface area contributed by atoms with Gasteiger partial charge in [0, 0.05) is 5.02 Å². The second-order valence-electron chi connectivity index (χ2n) is 3.95. The lowest BCUT2D eigenvalue weighted by atomic mass is 10.1. The van der Waals surface area contributed by atoms with Crippen LogP contribution >= 0.6 is 11.6 Å². The summed E-state index contributed by atoms with van der Waals surface area (Å²) in [5.41, 5.74) is 1.43. The van der Waals surface area contributed by atoms with Gasteiger partial charge < -0.3 is 4.74 Å². The Morgan fingerprint density at radius 2 is 1.95 bits per heavy atom. The van der Waals surface area contributed by atoms with E-state index in [9.17, 15) is 4.79 Å². The molecule has 0 radical (unpaired) electrons. The van der Waals surface area contributed by atoms with E-state index in [1.807, 2.05) is 24.3 Å². The molecule has 0 saturated heterocycles. The first-order valence-electron chi connectivity index (χ1n) is 5.81. The normalized spacial score (nSPS) is 10.6. The number of carbonyl (C=O) groups is 1. The van der Waals surface area contributed by atoms with Crippen molar-refractivity contribution in [1.29, 1.82) is 0 Å². The van der Waals surface area contributed by atoms with E-state index in [-0.39, 0.29) is 5.78 Å². The summed E-state index contributed by atoms with van der Waals surface area (Å²) in [4.78, 5) is 12.1. The lowest BCUT2D eigenvalue weighted by molar-refractivity contribution is 0.104. The predicted molar refractivity (Wildman–Crippen MR) is 77.8 cm³/mol. The van der Waals surface area contributed by atoms with Crippen LogP contribution in [0.3, 0.4) is 0 Å². The molecule has 2 rings (SSSR count). The van der Waals surface area contributed by atoms with Gasteiger partial charge in [0.2, 0.25) is 0 Å². The lowest BCUT2D eigenvalue weighted by Crippen LogP contribution is -1.98. The molecule has 2 aromatic rings. The van der Waals surface area contributed by atoms with Gasteiger partial charge >= 0.3 is 0 Å². The van der Waals surface area contributed by atoms with E-state index >= 15 is 0 Å². The minimum Gasteiger partial charge on any atom is -0.496 e. The van der Waals surface area contributed by atoms with E-state index in [1.54, 1.807) is 37.5 Å². The highest BCUT2D eigenvalue weighted by Crippen LogP contribution is 2.19. The van der Waals surface area contributed by atoms with Crippen molar-refractivity contribution in [3.8, 4) is 5.75 Å². The molecule has 2 nitrogen and oxygen atoms in total. The van der Waals surface area contributed by atoms with Crippen LogP contribution in [0, 0.1) is 0 Å². The predicted octanol–water partition coefficient (Wildman–Crippen LogP) is 4.24. The summed E-state index contributed by atoms with van der Waals surface area (Å²) in [6, 6.07) is 14.5. The highest BCUT2D eigenvalue weighted by molar-refractivity contribution is 6.30. The Hall–Kier alpha value is -2.06. The van der Waals surface area contributed by atoms with E-state index in [0.717, 1.165) is 5.56 Å². The fourth-order valence-electron chi connectivity index (χ4n) is 1.72. The standard InChI is InChI=1S/C16H13ClO2/c1-19-16-8-3-2-7-14(16)15(18)10-9-12-5-4-6-13(17)11-12/h2-11H,1H3/b10-9+. The third-order valence-electron chi connectivity index (χ3n) is 2.65. The van der Waals surface area contributed by atoms with E-state index in [4.69, 9.17) is 16.3 Å². The van der Waals surface area contributed by atoms with Crippen LogP contribution in [0.4, 0.5) is 0 Å². The number of methoxy groups -OCH3 is 1. The molecule has 0 saturated carbocycles. The topological polar surface area (TPSA) is 26.3 Å². The Morgan fingerprint density at radius 3 is 2.68 bits per heavy atom. The van der Waals surface area contributed by atoms with Crippen LogP contribution in [0.1, 0.15) is 15.9 Å². The van der Waals surface area contributed by atoms with Gasteiger partial charge in [0.15, 0.2) is 5.78 Å². The Balaban J connectivity index is 2.21. The molecular weight excluding hydrogens is 260 g/mol. The van der Waals surface area contributed by atoms with E-state index in [1.165, 1.54) is 6.08 Å². The van der Waals surface area contributed by atoms with Crippen molar-refractivity contribution in [1.82, 2.24) is 0 Å². The molecule has 3 heteroatoms. The zero-order chi connectivity index (χ0) is 13.7. The molecule has 19 heavy (non-hydrogen) atoms. The van der Waals surface area contributed by atoms with Crippen LogP contribution in [0.5, 0.6) is 5.75 Å². The zero-order valence-corrected chi connectivity index (χ0v) is 11.2. The van der Waals surface area contributed by atoms with Crippen LogP contribution < -0.4 is 4.74 Å². The summed E-state index contributed by atoms with van der Waals surface area (Å²) in [5.74, 6) is 0.473. The van der Waals surface area contributed by atoms with Crippen molar-refractivity contribution in [2.45, 2.75) is 0 Å². The van der Waals surface area contributed by atoms with Crippen molar-refractivity contribution >= 4 is 23.5 Å². The van der Waals surface area contributed by atoms with E-state index in [2.05, 4.69) is 0 Å². The van der Waals surface area contributed by atoms with Crippen molar-refractivity contribution in [2.75, 3.05) is 7.11 Å². The number of para-hydroxylation sites is 1. The monoisotopic (exact) mass is 272 g/mol. The number of ether oxygens (including phenoxy) is 1. The van der Waals surface area contributed by atoms with Crippen LogP contribution in [0.2, 0.25) is 5.02 Å². The molecule has 0 aliphatic heterocycles. The Morgan fingerprint density at radius 1 is 1.16 bits per heavy atom. The summed E-state index contributed by atoms with van der Waals surface area (Å²) in [5, 5.41) is 0.645. The van der Waals surface area contributed by atoms with Crippen molar-refractivity contribution < 1.29 is 9.53 Å². The molecule has 0 fully saturated rings. The number of carbonyl (C=O) groups excluding carboxylic acids is 1. The Labute approximate surface area is 117 Å². The Bertz CT molecular complexity index is 618. The van der Waals surface area contributed by atoms with Crippen molar-refractivity contribution in [3.05, 3.63) is 70.8 Å². The molecule has 0 N–H and O–H groups in total. The number of halogens is 1. The summed E-state index contributed by atoms with van der Waals surface area (Å²) in [6.45, 7) is 0. The number of allylic oxidation sites excluding steroid dienone is 1. The molecule has 0 unspecified atom stereocenters. The Kier molecular flexibility index (Phi) is 4.37. The van der Waals surface area contributed by atoms with Gasteiger partial charge in [-0.3, -0.25) is 4.79 Å². The number of rotatable bonds is 4. The van der Waals surface area contributed by atoms with Gasteiger partial charge in [-0.2, -0.15) is 0 Å². The number of hydrogen-bond acceptors (Lipinski definition) is 2. The summed E-state index contributed by atoms with van der Waals surface area (Å²) in [6.07, 6.45) is 3.25. The third kappa shape index (κ3) is 3.46. The quantitative estimate of drug-likeness (QED) is 0.614. The van der Waals surface area contributed by atoms with Gasteiger partial charge in [-0.25, -0.2) is 0 Å². The van der Waals surface area contributed by atoms with Gasteiger partial charge in [-0.05, 0) is 35.9 Å². The summed E-state index contributed by atoms with van der Waals surface area (Å²) < 4.78 is 5.16. The van der Waals surface area contributed by atoms with Crippen LogP contribution in [-0.2, 0) is 0 Å². The second-order valence-corrected chi connectivity index (χ2v) is 4.39. The van der Waals surface area contributed by atoms with Gasteiger partial charge in [-0.15, -0.1) is 0 Å². The number of benzene rings is 2. The molecule has 0 atom stereocenters. The maximum absolute atomic E-state index is 12.1. The lowest BCUT2D eigenvalue weighted by Gasteiger charge is -2.04. The minimum atomic E-state index is -0.0996. The van der Waals surface area contributed by atoms with E-state index < -0.39 is 0 Å². The van der Waals surface area contributed by atoms with Gasteiger partial charge in [0.25, 0.3) is 0 Å². The number of ketones is 1. The first-order valence-corrected chi connectivity index (χ1v) is 6.19. The summed E-state index contributed by atoms with van der Waals surface area (Å²) >= 11 is 5.89. The zero-order valence-electron chi connectivity index (χ0n) is 10.5. The minimum absolute atomic E-state index is 0.0996. The fourth-order valence-corrected chi connectivity index (χ4v) is 1.92. The SMILES string of the molecule is COc1ccccc1C(=O)/C=C/c1cccc(Cl)c1. The maximum atomic E-state index is 12.1. The highest BCUT2D eigenvalue weighted by Gasteiger charge is 2.07. The van der Waals surface area contributed by atoms with E-state index in [0.29, 0.717) is 16.3 Å². The molecule has 0 aliphatic carbocycles. The average Bonchev–Trinajstić information content (AvgIpc) is 2.45. The summed E-state index contributed by atoms with van der Waals surface area (Å²) in [7, 11) is 1.55. The van der Waals surface area contributed by atoms with Gasteiger partial charge in [0.05, 0.1) is 12.7 Å². The molecule has 0 amide bonds. The molecule has 0 aromatic heterocycles.